The fraction of sp³-hybridized carbons (Fsp3) is 0.479. The lowest BCUT2D eigenvalue weighted by atomic mass is 9.55. The number of aliphatic hydroxyl groups is 2. The normalized spacial score (nSPS) is 23.1. The molecule has 2 aliphatic carbocycles. The molecule has 3 N–H and O–H groups in total. The van der Waals surface area contributed by atoms with Gasteiger partial charge in [-0.3, -0.25) is 10.2 Å². The van der Waals surface area contributed by atoms with Gasteiger partial charge in [-0.15, -0.1) is 6.58 Å². The van der Waals surface area contributed by atoms with Gasteiger partial charge in [-0.25, -0.2) is 9.59 Å². The molecule has 0 saturated heterocycles. The van der Waals surface area contributed by atoms with Gasteiger partial charge in [0, 0.05) is 43.7 Å². The summed E-state index contributed by atoms with van der Waals surface area (Å²) in [6.45, 7) is 6.53. The topological polar surface area (TPSA) is 185 Å². The SMILES string of the molecule is C=CCO[C@@]12Oc3ccc(OC(=O)Nc4ccc(OC)cc4OC)cc3[C@H]3[C@H](CCCCO)[C@@H](CCCCO)C=C(C(=NOCC)C[C@@H]1N(Cc1ccc4c(c1)OCO4)C(=O)OC)[C@H]32. The van der Waals surface area contributed by atoms with Crippen LogP contribution < -0.4 is 33.7 Å². The van der Waals surface area contributed by atoms with Crippen LogP contribution >= 0.6 is 0 Å². The average molecular weight is 886 g/mol. The number of amides is 2. The summed E-state index contributed by atoms with van der Waals surface area (Å²) >= 11 is 0. The van der Waals surface area contributed by atoms with E-state index in [0.29, 0.717) is 59.6 Å². The lowest BCUT2D eigenvalue weighted by molar-refractivity contribution is -0.256. The predicted octanol–water partition coefficient (Wildman–Crippen LogP) is 7.97. The fourth-order valence-corrected chi connectivity index (χ4v) is 9.65. The van der Waals surface area contributed by atoms with E-state index < -0.39 is 29.9 Å². The van der Waals surface area contributed by atoms with E-state index in [9.17, 15) is 19.8 Å². The van der Waals surface area contributed by atoms with E-state index in [-0.39, 0.29) is 63.1 Å². The number of rotatable bonds is 20. The molecule has 2 aliphatic heterocycles. The first-order valence-corrected chi connectivity index (χ1v) is 21.9. The lowest BCUT2D eigenvalue weighted by Gasteiger charge is -2.59. The van der Waals surface area contributed by atoms with Gasteiger partial charge in [0.15, 0.2) is 11.5 Å². The average Bonchev–Trinajstić information content (AvgIpc) is 3.79. The maximum atomic E-state index is 14.3. The highest BCUT2D eigenvalue weighted by Gasteiger charge is 2.65. The molecule has 1 saturated carbocycles. The smallest absolute Gasteiger partial charge is 0.417 e. The fourth-order valence-electron chi connectivity index (χ4n) is 9.65. The summed E-state index contributed by atoms with van der Waals surface area (Å²) in [4.78, 5) is 35.3. The van der Waals surface area contributed by atoms with Gasteiger partial charge in [0.25, 0.3) is 0 Å². The maximum absolute atomic E-state index is 14.3. The first kappa shape index (κ1) is 46.0. The van der Waals surface area contributed by atoms with Gasteiger partial charge >= 0.3 is 12.2 Å². The highest BCUT2D eigenvalue weighted by molar-refractivity contribution is 6.03. The molecule has 64 heavy (non-hydrogen) atoms. The van der Waals surface area contributed by atoms with Crippen molar-refractivity contribution in [3.05, 3.63) is 90.0 Å². The van der Waals surface area contributed by atoms with Gasteiger partial charge in [0.1, 0.15) is 35.6 Å². The number of methoxy groups -OCH3 is 3. The zero-order valence-electron chi connectivity index (χ0n) is 36.9. The Morgan fingerprint density at radius 3 is 2.44 bits per heavy atom. The second-order valence-corrected chi connectivity index (χ2v) is 16.1. The molecular weight excluding hydrogens is 827 g/mol. The number of nitrogens with one attached hydrogen (secondary N) is 1. The predicted molar refractivity (Wildman–Crippen MR) is 236 cm³/mol. The van der Waals surface area contributed by atoms with Gasteiger partial charge in [0.2, 0.25) is 12.6 Å². The van der Waals surface area contributed by atoms with E-state index in [4.69, 9.17) is 47.9 Å². The van der Waals surface area contributed by atoms with Crippen molar-refractivity contribution < 1.29 is 62.5 Å². The van der Waals surface area contributed by atoms with Crippen LogP contribution in [0.5, 0.6) is 34.5 Å². The van der Waals surface area contributed by atoms with Gasteiger partial charge in [0.05, 0.1) is 45.3 Å². The molecule has 0 unspecified atom stereocenters. The van der Waals surface area contributed by atoms with E-state index in [2.05, 4.69) is 18.0 Å². The van der Waals surface area contributed by atoms with Crippen LogP contribution in [0.2, 0.25) is 0 Å². The van der Waals surface area contributed by atoms with E-state index >= 15 is 0 Å². The Hall–Kier alpha value is -5.97. The highest BCUT2D eigenvalue weighted by Crippen LogP contribution is 2.62. The monoisotopic (exact) mass is 885 g/mol. The summed E-state index contributed by atoms with van der Waals surface area (Å²) in [5, 5.41) is 27.4. The van der Waals surface area contributed by atoms with Crippen LogP contribution in [-0.2, 0) is 20.9 Å². The molecule has 2 amide bonds. The Balaban J connectivity index is 1.38. The van der Waals surface area contributed by atoms with E-state index in [1.165, 1.54) is 14.2 Å². The summed E-state index contributed by atoms with van der Waals surface area (Å²) in [5.41, 5.74) is 3.42. The number of fused-ring (bicyclic) bond motifs is 3. The molecule has 2 heterocycles. The van der Waals surface area contributed by atoms with E-state index in [1.807, 2.05) is 31.2 Å². The molecular formula is C48H59N3O13. The molecule has 344 valence electrons. The number of allylic oxidation sites excluding steroid dienone is 1. The van der Waals surface area contributed by atoms with Gasteiger partial charge in [-0.1, -0.05) is 36.2 Å². The molecule has 16 nitrogen and oxygen atoms in total. The highest BCUT2D eigenvalue weighted by atomic mass is 16.7. The Morgan fingerprint density at radius 1 is 0.938 bits per heavy atom. The number of hydrogen-bond donors (Lipinski definition) is 3. The van der Waals surface area contributed by atoms with Crippen molar-refractivity contribution in [3.63, 3.8) is 0 Å². The van der Waals surface area contributed by atoms with Crippen molar-refractivity contribution in [1.29, 1.82) is 0 Å². The number of aliphatic hydroxyl groups excluding tert-OH is 2. The van der Waals surface area contributed by atoms with Crippen molar-refractivity contribution in [2.24, 2.45) is 22.9 Å². The van der Waals surface area contributed by atoms with Crippen molar-refractivity contribution >= 4 is 23.6 Å². The number of oxime groups is 1. The number of nitrogens with zero attached hydrogens (tertiary/aromatic N) is 2. The Kier molecular flexibility index (Phi) is 15.2. The van der Waals surface area contributed by atoms with Crippen LogP contribution in [0.1, 0.15) is 68.9 Å². The molecule has 6 atom stereocenters. The Bertz CT molecular complexity index is 2200. The largest absolute Gasteiger partial charge is 0.497 e. The molecule has 16 heteroatoms. The van der Waals surface area contributed by atoms with Gasteiger partial charge in [-0.05, 0) is 98.0 Å². The molecule has 3 aromatic rings. The summed E-state index contributed by atoms with van der Waals surface area (Å²) < 4.78 is 47.9. The number of unbranched alkanes of at least 4 members (excludes halogenated alkanes) is 2. The number of carbonyl (C=O) groups excluding carboxylic acids is 2. The molecule has 7 rings (SSSR count). The molecule has 0 bridgehead atoms. The second-order valence-electron chi connectivity index (χ2n) is 16.1. The lowest BCUT2D eigenvalue weighted by Crippen LogP contribution is -2.70. The minimum Gasteiger partial charge on any atom is -0.497 e. The number of benzene rings is 3. The zero-order chi connectivity index (χ0) is 45.2. The minimum absolute atomic E-state index is 0.00586. The molecule has 4 aliphatic rings. The number of anilines is 1. The summed E-state index contributed by atoms with van der Waals surface area (Å²) in [6, 6.07) is 15.0. The number of ether oxygens (including phenoxy) is 8. The third-order valence-electron chi connectivity index (χ3n) is 12.4. The molecule has 0 aromatic heterocycles. The van der Waals surface area contributed by atoms with Crippen LogP contribution in [0, 0.1) is 17.8 Å². The molecule has 0 spiro atoms. The minimum atomic E-state index is -1.54. The third kappa shape index (κ3) is 9.59. The summed E-state index contributed by atoms with van der Waals surface area (Å²) in [7, 11) is 4.38. The zero-order valence-corrected chi connectivity index (χ0v) is 36.9. The maximum Gasteiger partial charge on any atom is 0.417 e. The van der Waals surface area contributed by atoms with E-state index in [1.54, 1.807) is 48.4 Å². The van der Waals surface area contributed by atoms with Gasteiger partial charge in [-0.2, -0.15) is 0 Å². The van der Waals surface area contributed by atoms with Crippen LogP contribution in [0.25, 0.3) is 0 Å². The van der Waals surface area contributed by atoms with Crippen LogP contribution in [0.4, 0.5) is 15.3 Å². The molecule has 0 radical (unpaired) electrons. The van der Waals surface area contributed by atoms with Crippen molar-refractivity contribution in [2.45, 2.75) is 76.2 Å². The summed E-state index contributed by atoms with van der Waals surface area (Å²) in [6.07, 6.45) is 6.94. The summed E-state index contributed by atoms with van der Waals surface area (Å²) in [5.74, 6) is 0.315. The Labute approximate surface area is 373 Å². The first-order chi connectivity index (χ1) is 31.2. The molecule has 1 fully saturated rings. The molecule has 3 aromatic carbocycles. The third-order valence-corrected chi connectivity index (χ3v) is 12.4. The van der Waals surface area contributed by atoms with Crippen LogP contribution in [-0.4, -0.2) is 99.4 Å². The standard InChI is InChI=1S/C48H59N3O13/c1-6-22-61-48-43(51(47(55)58-5)28-30-14-18-40-42(23-30)60-29-59-40)27-38(50-62-7-2)35-24-31(12-8-10-20-52)34(13-9-11-21-53)44(45(35)48)36-25-33(16-19-39(36)64-48)63-46(54)49-37-17-15-32(56-3)26-41(37)57-4/h6,14-19,23-26,31,34,43-45,52-53H,1,7-13,20-22,27-29H2,2-5H3,(H,49,54)/t31-,34+,43-,44+,45+,48+/m0/s1. The number of hydrogen-bond acceptors (Lipinski definition) is 14. The van der Waals surface area contributed by atoms with Crippen molar-refractivity contribution in [2.75, 3.05) is 59.9 Å². The quantitative estimate of drug-likeness (QED) is 0.0564. The van der Waals surface area contributed by atoms with E-state index in [0.717, 1.165) is 42.4 Å². The van der Waals surface area contributed by atoms with Crippen molar-refractivity contribution in [1.82, 2.24) is 4.90 Å². The second kappa shape index (κ2) is 21.1. The first-order valence-electron chi connectivity index (χ1n) is 21.9. The number of carbonyl (C=O) groups is 2. The Morgan fingerprint density at radius 2 is 1.70 bits per heavy atom. The van der Waals surface area contributed by atoms with Crippen LogP contribution in [0.15, 0.2) is 84.1 Å². The van der Waals surface area contributed by atoms with Gasteiger partial charge < -0.3 is 52.9 Å². The van der Waals surface area contributed by atoms with Crippen LogP contribution in [0.3, 0.4) is 0 Å². The van der Waals surface area contributed by atoms with Crippen molar-refractivity contribution in [3.8, 4) is 34.5 Å².